The second kappa shape index (κ2) is 10.2. The number of carbonyl (C=O) groups excluding carboxylic acids is 2. The fourth-order valence-corrected chi connectivity index (χ4v) is 5.00. The third-order valence-corrected chi connectivity index (χ3v) is 6.45. The van der Waals surface area contributed by atoms with E-state index < -0.39 is 54.0 Å². The summed E-state index contributed by atoms with van der Waals surface area (Å²) in [6.45, 7) is 2.61. The number of hydrogen-bond donors (Lipinski definition) is 0. The molecule has 5 atom stereocenters. The predicted octanol–water partition coefficient (Wildman–Crippen LogP) is 1.55. The summed E-state index contributed by atoms with van der Waals surface area (Å²) in [4.78, 5) is 50.9. The van der Waals surface area contributed by atoms with Gasteiger partial charge >= 0.3 is 23.3 Å². The molecule has 3 aromatic rings. The first-order valence-corrected chi connectivity index (χ1v) is 12.0. The third kappa shape index (κ3) is 4.87. The highest BCUT2D eigenvalue weighted by Crippen LogP contribution is 2.37. The number of esters is 2. The van der Waals surface area contributed by atoms with E-state index in [-0.39, 0.29) is 19.6 Å². The molecular formula is C26H27N3O8. The lowest BCUT2D eigenvalue weighted by molar-refractivity contribution is -0.265. The van der Waals surface area contributed by atoms with E-state index in [0.717, 1.165) is 10.1 Å². The van der Waals surface area contributed by atoms with Crippen LogP contribution in [0.1, 0.15) is 31.9 Å². The van der Waals surface area contributed by atoms with Crippen molar-refractivity contribution in [2.24, 2.45) is 0 Å². The van der Waals surface area contributed by atoms with Gasteiger partial charge in [-0.15, -0.1) is 0 Å². The number of hydrogen-bond acceptors (Lipinski definition) is 8. The third-order valence-electron chi connectivity index (χ3n) is 6.45. The number of rotatable bonds is 6. The van der Waals surface area contributed by atoms with Crippen LogP contribution in [-0.4, -0.2) is 50.5 Å². The highest BCUT2D eigenvalue weighted by Gasteiger charge is 2.51. The van der Waals surface area contributed by atoms with Gasteiger partial charge in [-0.1, -0.05) is 48.5 Å². The molecule has 1 aromatic heterocycles. The smallest absolute Gasteiger partial charge is 0.352 e. The van der Waals surface area contributed by atoms with Gasteiger partial charge in [-0.25, -0.2) is 23.5 Å². The first kappa shape index (κ1) is 24.7. The Hall–Kier alpha value is -3.96. The van der Waals surface area contributed by atoms with Gasteiger partial charge in [-0.05, 0) is 17.7 Å². The Bertz CT molecular complexity index is 1390. The first-order valence-electron chi connectivity index (χ1n) is 12.0. The summed E-state index contributed by atoms with van der Waals surface area (Å²) in [6.07, 6.45) is -3.42. The number of para-hydroxylation sites is 1. The van der Waals surface area contributed by atoms with E-state index in [9.17, 15) is 19.2 Å². The molecule has 1 fully saturated rings. The molecule has 2 aromatic carbocycles. The van der Waals surface area contributed by atoms with Crippen LogP contribution in [0.5, 0.6) is 0 Å². The fourth-order valence-electron chi connectivity index (χ4n) is 5.00. The molecule has 0 spiro atoms. The molecule has 2 aliphatic rings. The van der Waals surface area contributed by atoms with Crippen molar-refractivity contribution in [2.75, 3.05) is 0 Å². The van der Waals surface area contributed by atoms with Gasteiger partial charge in [-0.3, -0.25) is 9.59 Å². The van der Waals surface area contributed by atoms with Gasteiger partial charge in [0.2, 0.25) is 6.29 Å². The number of benzene rings is 2. The van der Waals surface area contributed by atoms with Crippen LogP contribution in [0.2, 0.25) is 0 Å². The number of ether oxygens (including phenoxy) is 4. The number of aromatic nitrogens is 3. The van der Waals surface area contributed by atoms with Gasteiger partial charge in [0.25, 0.3) is 0 Å². The quantitative estimate of drug-likeness (QED) is 0.459. The van der Waals surface area contributed by atoms with Gasteiger partial charge in [0.15, 0.2) is 0 Å². The lowest BCUT2D eigenvalue weighted by Crippen LogP contribution is -2.60. The highest BCUT2D eigenvalue weighted by molar-refractivity contribution is 5.66. The van der Waals surface area contributed by atoms with Crippen LogP contribution in [0.15, 0.2) is 70.3 Å². The van der Waals surface area contributed by atoms with E-state index in [1.807, 2.05) is 30.3 Å². The minimum atomic E-state index is -0.984. The van der Waals surface area contributed by atoms with Gasteiger partial charge in [-0.2, -0.15) is 0 Å². The summed E-state index contributed by atoms with van der Waals surface area (Å²) in [6, 6.07) is 17.2. The zero-order valence-corrected chi connectivity index (χ0v) is 20.4. The van der Waals surface area contributed by atoms with E-state index in [1.54, 1.807) is 30.3 Å². The minimum absolute atomic E-state index is 0.109. The van der Waals surface area contributed by atoms with Crippen molar-refractivity contribution in [3.8, 4) is 5.69 Å². The Morgan fingerprint density at radius 2 is 1.54 bits per heavy atom. The van der Waals surface area contributed by atoms with E-state index >= 15 is 0 Å². The topological polar surface area (TPSA) is 120 Å². The van der Waals surface area contributed by atoms with Crippen molar-refractivity contribution in [1.82, 2.24) is 13.9 Å². The van der Waals surface area contributed by atoms with Gasteiger partial charge in [0, 0.05) is 20.3 Å². The Morgan fingerprint density at radius 1 is 0.892 bits per heavy atom. The molecular weight excluding hydrogens is 482 g/mol. The summed E-state index contributed by atoms with van der Waals surface area (Å²) < 4.78 is 26.9. The molecule has 1 saturated heterocycles. The summed E-state index contributed by atoms with van der Waals surface area (Å²) >= 11 is 0. The van der Waals surface area contributed by atoms with Crippen molar-refractivity contribution in [3.63, 3.8) is 0 Å². The number of carbonyl (C=O) groups is 2. The molecule has 1 unspecified atom stereocenters. The molecule has 37 heavy (non-hydrogen) atoms. The Labute approximate surface area is 211 Å². The number of fused-ring (bicyclic) bond motifs is 3. The standard InChI is InChI=1S/C26H27N3O8/c1-16(30)35-21-14-27-25(32)28(19-11-7-4-8-12-19)26(33)29(27)23-20(34-15-18-9-5-3-6-10-18)13-22(36-17(2)31)37-24(21)23/h3-12,20-24H,13-15H2,1-2H3/t20-,21+,22?,23+,24-/m0/s1. The maximum Gasteiger partial charge on any atom is 0.352 e. The van der Waals surface area contributed by atoms with E-state index in [4.69, 9.17) is 18.9 Å². The Balaban J connectivity index is 1.61. The van der Waals surface area contributed by atoms with Crippen molar-refractivity contribution in [2.45, 2.75) is 64.1 Å². The van der Waals surface area contributed by atoms with Crippen molar-refractivity contribution in [1.29, 1.82) is 0 Å². The first-order chi connectivity index (χ1) is 17.8. The second-order valence-electron chi connectivity index (χ2n) is 9.01. The minimum Gasteiger partial charge on any atom is -0.458 e. The molecule has 5 rings (SSSR count). The average Bonchev–Trinajstić information content (AvgIpc) is 3.12. The predicted molar refractivity (Wildman–Crippen MR) is 129 cm³/mol. The van der Waals surface area contributed by atoms with Gasteiger partial charge < -0.3 is 18.9 Å². The second-order valence-corrected chi connectivity index (χ2v) is 9.01. The lowest BCUT2D eigenvalue weighted by Gasteiger charge is -2.46. The molecule has 0 amide bonds. The van der Waals surface area contributed by atoms with Crippen LogP contribution in [-0.2, 0) is 41.7 Å². The fraction of sp³-hybridized carbons (Fsp3) is 0.385. The van der Waals surface area contributed by atoms with Crippen molar-refractivity contribution < 1.29 is 28.5 Å². The molecule has 0 aliphatic carbocycles. The highest BCUT2D eigenvalue weighted by atomic mass is 16.7. The largest absolute Gasteiger partial charge is 0.458 e. The zero-order valence-electron chi connectivity index (χ0n) is 20.4. The molecule has 11 nitrogen and oxygen atoms in total. The summed E-state index contributed by atoms with van der Waals surface area (Å²) in [5.74, 6) is -1.12. The van der Waals surface area contributed by atoms with Crippen LogP contribution in [0.3, 0.4) is 0 Å². The molecule has 194 valence electrons. The Morgan fingerprint density at radius 3 is 2.19 bits per heavy atom. The van der Waals surface area contributed by atoms with Crippen LogP contribution in [0, 0.1) is 0 Å². The molecule has 2 aliphatic heterocycles. The van der Waals surface area contributed by atoms with Crippen LogP contribution in [0.4, 0.5) is 0 Å². The normalized spacial score (nSPS) is 24.5. The van der Waals surface area contributed by atoms with E-state index in [0.29, 0.717) is 5.69 Å². The average molecular weight is 510 g/mol. The van der Waals surface area contributed by atoms with Gasteiger partial charge in [0.05, 0.1) is 24.9 Å². The van der Waals surface area contributed by atoms with Crippen LogP contribution in [0.25, 0.3) is 5.69 Å². The maximum absolute atomic E-state index is 13.7. The Kier molecular flexibility index (Phi) is 6.81. The molecule has 0 radical (unpaired) electrons. The molecule has 11 heteroatoms. The van der Waals surface area contributed by atoms with Crippen LogP contribution >= 0.6 is 0 Å². The zero-order chi connectivity index (χ0) is 26.1. The van der Waals surface area contributed by atoms with Crippen molar-refractivity contribution >= 4 is 11.9 Å². The molecule has 0 bridgehead atoms. The summed E-state index contributed by atoms with van der Waals surface area (Å²) in [5.41, 5.74) is 0.156. The SMILES string of the molecule is CC(=O)OC1C[C@H](OCc2ccccc2)[C@@H]2[C@@H](O1)[C@H](OC(C)=O)Cn1c(=O)n(-c3ccccc3)c(=O)n12. The van der Waals surface area contributed by atoms with E-state index in [1.165, 1.54) is 23.2 Å². The van der Waals surface area contributed by atoms with Crippen molar-refractivity contribution in [3.05, 3.63) is 87.2 Å². The summed E-state index contributed by atoms with van der Waals surface area (Å²) in [7, 11) is 0. The lowest BCUT2D eigenvalue weighted by atomic mass is 9.92. The maximum atomic E-state index is 13.7. The van der Waals surface area contributed by atoms with E-state index in [2.05, 4.69) is 0 Å². The number of nitrogens with zero attached hydrogens (tertiary/aromatic N) is 3. The van der Waals surface area contributed by atoms with Crippen LogP contribution < -0.4 is 11.4 Å². The van der Waals surface area contributed by atoms with Gasteiger partial charge in [0.1, 0.15) is 18.2 Å². The molecule has 0 saturated carbocycles. The molecule has 0 N–H and O–H groups in total. The monoisotopic (exact) mass is 509 g/mol. The molecule has 3 heterocycles. The summed E-state index contributed by atoms with van der Waals surface area (Å²) in [5, 5.41) is 0.